The molecule has 0 bridgehead atoms. The van der Waals surface area contributed by atoms with Gasteiger partial charge in [0.1, 0.15) is 12.4 Å². The largest absolute Gasteiger partial charge is 0.482 e. The van der Waals surface area contributed by atoms with Crippen molar-refractivity contribution >= 4 is 0 Å². The summed E-state index contributed by atoms with van der Waals surface area (Å²) in [7, 11) is 0. The minimum atomic E-state index is -0.0123. The first-order valence-corrected chi connectivity index (χ1v) is 6.16. The molecule has 92 valence electrons. The Morgan fingerprint density at radius 1 is 1.22 bits per heavy atom. The fourth-order valence-corrected chi connectivity index (χ4v) is 2.58. The van der Waals surface area contributed by atoms with E-state index in [0.29, 0.717) is 6.61 Å². The van der Waals surface area contributed by atoms with Gasteiger partial charge in [-0.3, -0.25) is 0 Å². The Morgan fingerprint density at radius 3 is 3.11 bits per heavy atom. The molecule has 5 heteroatoms. The van der Waals surface area contributed by atoms with Crippen molar-refractivity contribution in [2.24, 2.45) is 0 Å². The van der Waals surface area contributed by atoms with E-state index in [0.717, 1.165) is 37.0 Å². The summed E-state index contributed by atoms with van der Waals surface area (Å²) in [6.45, 7) is 2.08. The van der Waals surface area contributed by atoms with Gasteiger partial charge >= 0.3 is 0 Å². The molecule has 3 heterocycles. The van der Waals surface area contributed by atoms with Gasteiger partial charge in [0, 0.05) is 13.0 Å². The third-order valence-corrected chi connectivity index (χ3v) is 3.48. The van der Waals surface area contributed by atoms with E-state index in [1.54, 1.807) is 0 Å². The van der Waals surface area contributed by atoms with Crippen molar-refractivity contribution in [2.45, 2.75) is 25.7 Å². The Balaban J connectivity index is 1.68. The van der Waals surface area contributed by atoms with Crippen LogP contribution in [-0.2, 0) is 24.3 Å². The van der Waals surface area contributed by atoms with Gasteiger partial charge in [0.15, 0.2) is 17.8 Å². The second-order valence-electron chi connectivity index (χ2n) is 4.60. The number of aromatic nitrogens is 3. The molecule has 0 radical (unpaired) electrons. The van der Waals surface area contributed by atoms with Crippen LogP contribution in [0.5, 0.6) is 5.75 Å². The van der Waals surface area contributed by atoms with E-state index in [1.807, 2.05) is 18.2 Å². The van der Waals surface area contributed by atoms with Gasteiger partial charge in [0.2, 0.25) is 0 Å². The molecule has 4 rings (SSSR count). The molecule has 1 aromatic carbocycles. The molecule has 18 heavy (non-hydrogen) atoms. The maximum atomic E-state index is 5.95. The minimum Gasteiger partial charge on any atom is -0.482 e. The molecule has 1 aromatic heterocycles. The summed E-state index contributed by atoms with van der Waals surface area (Å²) >= 11 is 0. The summed E-state index contributed by atoms with van der Waals surface area (Å²) in [6.07, 6.45) is 0.858. The summed E-state index contributed by atoms with van der Waals surface area (Å²) in [4.78, 5) is 0. The first-order valence-electron chi connectivity index (χ1n) is 6.16. The molecule has 0 saturated carbocycles. The van der Waals surface area contributed by atoms with Crippen LogP contribution in [0.4, 0.5) is 0 Å². The number of benzene rings is 1. The third kappa shape index (κ3) is 1.44. The first kappa shape index (κ1) is 10.1. The fourth-order valence-electron chi connectivity index (χ4n) is 2.58. The lowest BCUT2D eigenvalue weighted by Gasteiger charge is -2.17. The highest BCUT2D eigenvalue weighted by Crippen LogP contribution is 2.35. The van der Waals surface area contributed by atoms with Gasteiger partial charge in [-0.2, -0.15) is 0 Å². The molecule has 0 fully saturated rings. The van der Waals surface area contributed by atoms with Crippen molar-refractivity contribution in [2.75, 3.05) is 6.61 Å². The number of para-hydroxylation sites is 1. The Kier molecular flexibility index (Phi) is 2.14. The van der Waals surface area contributed by atoms with Gasteiger partial charge in [0.05, 0.1) is 6.61 Å². The van der Waals surface area contributed by atoms with Crippen LogP contribution in [0.2, 0.25) is 0 Å². The fraction of sp³-hybridized carbons (Fsp3) is 0.385. The molecule has 0 amide bonds. The quantitative estimate of drug-likeness (QED) is 0.761. The Hall–Kier alpha value is -1.88. The highest BCUT2D eigenvalue weighted by molar-refractivity contribution is 5.38. The van der Waals surface area contributed by atoms with Gasteiger partial charge < -0.3 is 14.0 Å². The zero-order valence-corrected chi connectivity index (χ0v) is 9.87. The lowest BCUT2D eigenvalue weighted by Crippen LogP contribution is -2.21. The summed E-state index contributed by atoms with van der Waals surface area (Å²) in [5.41, 5.74) is 1.24. The van der Waals surface area contributed by atoms with Crippen LogP contribution < -0.4 is 4.74 Å². The van der Waals surface area contributed by atoms with Gasteiger partial charge in [-0.05, 0) is 11.6 Å². The lowest BCUT2D eigenvalue weighted by molar-refractivity contribution is 0.0779. The molecule has 0 saturated heterocycles. The SMILES string of the molecule is c1ccc2c(c1)CC(c1nnc3n1CCOC3)O2. The normalized spacial score (nSPS) is 21.2. The number of nitrogens with zero attached hydrogens (tertiary/aromatic N) is 3. The van der Waals surface area contributed by atoms with Crippen molar-refractivity contribution in [1.29, 1.82) is 0 Å². The zero-order valence-electron chi connectivity index (χ0n) is 9.87. The monoisotopic (exact) mass is 243 g/mol. The summed E-state index contributed by atoms with van der Waals surface area (Å²) in [5.74, 6) is 2.78. The Bertz CT molecular complexity index is 569. The maximum absolute atomic E-state index is 5.95. The minimum absolute atomic E-state index is 0.0123. The highest BCUT2D eigenvalue weighted by Gasteiger charge is 2.30. The van der Waals surface area contributed by atoms with Crippen LogP contribution >= 0.6 is 0 Å². The van der Waals surface area contributed by atoms with Crippen molar-refractivity contribution in [3.63, 3.8) is 0 Å². The Labute approximate surface area is 104 Å². The van der Waals surface area contributed by atoms with E-state index in [9.17, 15) is 0 Å². The van der Waals surface area contributed by atoms with Crippen LogP contribution in [0, 0.1) is 0 Å². The van der Waals surface area contributed by atoms with Gasteiger partial charge in [-0.25, -0.2) is 0 Å². The Morgan fingerprint density at radius 2 is 2.17 bits per heavy atom. The molecule has 2 aromatic rings. The predicted octanol–water partition coefficient (Wildman–Crippen LogP) is 1.48. The van der Waals surface area contributed by atoms with Crippen LogP contribution in [0.25, 0.3) is 0 Å². The zero-order chi connectivity index (χ0) is 11.9. The molecule has 0 spiro atoms. The van der Waals surface area contributed by atoms with Crippen molar-refractivity contribution in [3.8, 4) is 5.75 Å². The number of hydrogen-bond acceptors (Lipinski definition) is 4. The van der Waals surface area contributed by atoms with Crippen LogP contribution in [0.1, 0.15) is 23.3 Å². The van der Waals surface area contributed by atoms with Crippen LogP contribution in [0.3, 0.4) is 0 Å². The summed E-state index contributed by atoms with van der Waals surface area (Å²) in [6, 6.07) is 8.14. The van der Waals surface area contributed by atoms with E-state index >= 15 is 0 Å². The van der Waals surface area contributed by atoms with Gasteiger partial charge in [-0.15, -0.1) is 10.2 Å². The number of fused-ring (bicyclic) bond motifs is 2. The number of rotatable bonds is 1. The topological polar surface area (TPSA) is 49.2 Å². The number of ether oxygens (including phenoxy) is 2. The predicted molar refractivity (Wildman–Crippen MR) is 63.2 cm³/mol. The molecular formula is C13H13N3O2. The smallest absolute Gasteiger partial charge is 0.174 e. The molecule has 0 aliphatic carbocycles. The van der Waals surface area contributed by atoms with Crippen molar-refractivity contribution < 1.29 is 9.47 Å². The molecule has 2 aliphatic rings. The van der Waals surface area contributed by atoms with E-state index in [-0.39, 0.29) is 6.10 Å². The highest BCUT2D eigenvalue weighted by atomic mass is 16.5. The van der Waals surface area contributed by atoms with Crippen molar-refractivity contribution in [1.82, 2.24) is 14.8 Å². The molecule has 1 atom stereocenters. The van der Waals surface area contributed by atoms with Crippen molar-refractivity contribution in [3.05, 3.63) is 41.5 Å². The first-order chi connectivity index (χ1) is 8.92. The maximum Gasteiger partial charge on any atom is 0.174 e. The van der Waals surface area contributed by atoms with Crippen LogP contribution in [-0.4, -0.2) is 21.4 Å². The second-order valence-corrected chi connectivity index (χ2v) is 4.60. The molecule has 5 nitrogen and oxygen atoms in total. The van der Waals surface area contributed by atoms with Crippen LogP contribution in [0.15, 0.2) is 24.3 Å². The molecular weight excluding hydrogens is 230 g/mol. The van der Waals surface area contributed by atoms with E-state index in [1.165, 1.54) is 5.56 Å². The summed E-state index contributed by atoms with van der Waals surface area (Å²) < 4.78 is 13.4. The molecule has 0 N–H and O–H groups in total. The van der Waals surface area contributed by atoms with Gasteiger partial charge in [0.25, 0.3) is 0 Å². The average molecular weight is 243 g/mol. The van der Waals surface area contributed by atoms with Gasteiger partial charge in [-0.1, -0.05) is 18.2 Å². The summed E-state index contributed by atoms with van der Waals surface area (Å²) in [5, 5.41) is 8.44. The lowest BCUT2D eigenvalue weighted by atomic mass is 10.1. The van der Waals surface area contributed by atoms with E-state index < -0.39 is 0 Å². The van der Waals surface area contributed by atoms with E-state index in [2.05, 4.69) is 20.8 Å². The average Bonchev–Trinajstić information content (AvgIpc) is 3.02. The third-order valence-electron chi connectivity index (χ3n) is 3.48. The number of hydrogen-bond donors (Lipinski definition) is 0. The van der Waals surface area contributed by atoms with E-state index in [4.69, 9.17) is 9.47 Å². The standard InChI is InChI=1S/C13H13N3O2/c1-2-4-10-9(3-1)7-11(18-10)13-15-14-12-8-17-6-5-16(12)13/h1-4,11H,5-8H2. The second kappa shape index (κ2) is 3.81. The molecule has 2 aliphatic heterocycles. The molecule has 1 unspecified atom stereocenters.